The van der Waals surface area contributed by atoms with Crippen LogP contribution in [-0.2, 0) is 13.2 Å². The number of pyridine rings is 2. The average molecular weight is 346 g/mol. The van der Waals surface area contributed by atoms with Crippen molar-refractivity contribution in [2.45, 2.75) is 6.18 Å². The first-order valence-corrected chi connectivity index (χ1v) is 7.14. The number of hydrogen-bond donors (Lipinski definition) is 2. The minimum absolute atomic E-state index is 0.0164. The molecule has 0 aromatic carbocycles. The summed E-state index contributed by atoms with van der Waals surface area (Å²) < 4.78 is 39.3. The quantitative estimate of drug-likeness (QED) is 0.661. The summed E-state index contributed by atoms with van der Waals surface area (Å²) >= 11 is 0. The fourth-order valence-electron chi connectivity index (χ4n) is 2.37. The monoisotopic (exact) mass is 346 g/mol. The van der Waals surface area contributed by atoms with Crippen LogP contribution in [0.4, 0.5) is 24.8 Å². The van der Waals surface area contributed by atoms with Crippen LogP contribution in [0, 0.1) is 11.8 Å². The number of fused-ring (bicyclic) bond motifs is 1. The van der Waals surface area contributed by atoms with Gasteiger partial charge in [0.05, 0.1) is 5.56 Å². The average Bonchev–Trinajstić information content (AvgIpc) is 2.93. The number of hydrogen-bond acceptors (Lipinski definition) is 5. The molecule has 3 N–H and O–H groups in total. The largest absolute Gasteiger partial charge is 0.449 e. The highest BCUT2D eigenvalue weighted by molar-refractivity contribution is 5.96. The number of halogens is 3. The Kier molecular flexibility index (Phi) is 3.96. The Morgan fingerprint density at radius 2 is 1.92 bits per heavy atom. The van der Waals surface area contributed by atoms with Gasteiger partial charge >= 0.3 is 6.18 Å². The summed E-state index contributed by atoms with van der Waals surface area (Å²) in [5.74, 6) is 5.35. The summed E-state index contributed by atoms with van der Waals surface area (Å²) in [5, 5.41) is 4.35. The lowest BCUT2D eigenvalue weighted by molar-refractivity contribution is -0.146. The smallest absolute Gasteiger partial charge is 0.384 e. The Labute approximate surface area is 140 Å². The molecule has 0 aliphatic rings. The molecule has 0 saturated heterocycles. The third-order valence-corrected chi connectivity index (χ3v) is 3.49. The van der Waals surface area contributed by atoms with Gasteiger partial charge in [0, 0.05) is 43.5 Å². The highest BCUT2D eigenvalue weighted by atomic mass is 19.4. The molecule has 3 heterocycles. The molecule has 128 valence electrons. The van der Waals surface area contributed by atoms with Gasteiger partial charge < -0.3 is 15.6 Å². The predicted molar refractivity (Wildman–Crippen MR) is 87.7 cm³/mol. The van der Waals surface area contributed by atoms with Crippen molar-refractivity contribution in [2.24, 2.45) is 7.05 Å². The van der Waals surface area contributed by atoms with Crippen molar-refractivity contribution in [3.8, 4) is 11.8 Å². The molecule has 0 fully saturated rings. The van der Waals surface area contributed by atoms with Crippen molar-refractivity contribution < 1.29 is 13.2 Å². The van der Waals surface area contributed by atoms with Crippen molar-refractivity contribution in [3.05, 3.63) is 41.7 Å². The van der Waals surface area contributed by atoms with E-state index in [4.69, 9.17) is 5.73 Å². The number of nitrogens with zero attached hydrogens (tertiary/aromatic N) is 4. The Bertz CT molecular complexity index is 1010. The Balaban J connectivity index is 2.09. The molecule has 3 rings (SSSR count). The molecule has 6 nitrogen and oxygen atoms in total. The maximum atomic E-state index is 12.8. The first kappa shape index (κ1) is 16.6. The lowest BCUT2D eigenvalue weighted by Crippen LogP contribution is -2.12. The van der Waals surface area contributed by atoms with Gasteiger partial charge in [0.1, 0.15) is 17.3 Å². The second-order valence-electron chi connectivity index (χ2n) is 5.23. The van der Waals surface area contributed by atoms with E-state index in [1.54, 1.807) is 19.3 Å². The van der Waals surface area contributed by atoms with Crippen LogP contribution in [0.25, 0.3) is 10.8 Å². The molecule has 0 atom stereocenters. The van der Waals surface area contributed by atoms with Gasteiger partial charge in [-0.1, -0.05) is 5.92 Å². The van der Waals surface area contributed by atoms with E-state index >= 15 is 0 Å². The SMILES string of the molecule is CNc1ncc(C#Cc2cn(C)c(C(F)(F)F)n2)c2cc(N)ncc12. The van der Waals surface area contributed by atoms with Crippen LogP contribution in [0.3, 0.4) is 0 Å². The number of aromatic nitrogens is 4. The maximum absolute atomic E-state index is 12.8. The van der Waals surface area contributed by atoms with Crippen LogP contribution in [0.2, 0.25) is 0 Å². The topological polar surface area (TPSA) is 81.7 Å². The summed E-state index contributed by atoms with van der Waals surface area (Å²) in [5.41, 5.74) is 6.25. The summed E-state index contributed by atoms with van der Waals surface area (Å²) in [4.78, 5) is 11.8. The normalized spacial score (nSPS) is 11.2. The molecule has 0 radical (unpaired) electrons. The zero-order valence-electron chi connectivity index (χ0n) is 13.3. The van der Waals surface area contributed by atoms with Crippen molar-refractivity contribution in [2.75, 3.05) is 18.1 Å². The van der Waals surface area contributed by atoms with Gasteiger partial charge in [-0.05, 0) is 12.0 Å². The maximum Gasteiger partial charge on any atom is 0.449 e. The summed E-state index contributed by atoms with van der Waals surface area (Å²) in [7, 11) is 2.99. The lowest BCUT2D eigenvalue weighted by Gasteiger charge is -2.06. The predicted octanol–water partition coefficient (Wildman–Crippen LogP) is 2.41. The van der Waals surface area contributed by atoms with E-state index in [0.29, 0.717) is 28.0 Å². The molecule has 0 bridgehead atoms. The van der Waals surface area contributed by atoms with Crippen molar-refractivity contribution >= 4 is 22.4 Å². The van der Waals surface area contributed by atoms with E-state index in [9.17, 15) is 13.2 Å². The van der Waals surface area contributed by atoms with Gasteiger partial charge in [0.2, 0.25) is 5.82 Å². The zero-order valence-corrected chi connectivity index (χ0v) is 13.3. The van der Waals surface area contributed by atoms with E-state index in [1.165, 1.54) is 19.4 Å². The summed E-state index contributed by atoms with van der Waals surface area (Å²) in [6.45, 7) is 0. The van der Waals surface area contributed by atoms with Crippen LogP contribution in [0.5, 0.6) is 0 Å². The van der Waals surface area contributed by atoms with Crippen LogP contribution >= 0.6 is 0 Å². The molecule has 0 unspecified atom stereocenters. The Morgan fingerprint density at radius 3 is 2.56 bits per heavy atom. The molecule has 25 heavy (non-hydrogen) atoms. The molecule has 0 saturated carbocycles. The van der Waals surface area contributed by atoms with Gasteiger partial charge in [-0.25, -0.2) is 15.0 Å². The fourth-order valence-corrected chi connectivity index (χ4v) is 2.37. The number of aryl methyl sites for hydroxylation is 1. The van der Waals surface area contributed by atoms with Gasteiger partial charge in [-0.3, -0.25) is 0 Å². The lowest BCUT2D eigenvalue weighted by atomic mass is 10.1. The fraction of sp³-hybridized carbons (Fsp3) is 0.188. The number of nitrogens with two attached hydrogens (primary N) is 1. The highest BCUT2D eigenvalue weighted by Gasteiger charge is 2.36. The van der Waals surface area contributed by atoms with Crippen LogP contribution < -0.4 is 11.1 Å². The van der Waals surface area contributed by atoms with Gasteiger partial charge in [-0.2, -0.15) is 13.2 Å². The molecule has 0 aliphatic heterocycles. The number of alkyl halides is 3. The molecule has 0 amide bonds. The standard InChI is InChI=1S/C16H13F3N6/c1-21-14-12-7-22-13(20)5-11(12)9(6-23-14)3-4-10-8-25(2)15(24-10)16(17,18)19/h5-8H,1-2H3,(H2,20,22)(H,21,23). The first-order valence-electron chi connectivity index (χ1n) is 7.14. The van der Waals surface area contributed by atoms with E-state index in [0.717, 1.165) is 4.57 Å². The zero-order chi connectivity index (χ0) is 18.2. The number of rotatable bonds is 1. The Hall–Kier alpha value is -3.28. The molecule has 9 heteroatoms. The number of nitrogen functional groups attached to an aromatic ring is 1. The number of anilines is 2. The molecular formula is C16H13F3N6. The second kappa shape index (κ2) is 5.98. The highest BCUT2D eigenvalue weighted by Crippen LogP contribution is 2.28. The minimum Gasteiger partial charge on any atom is -0.384 e. The second-order valence-corrected chi connectivity index (χ2v) is 5.23. The Morgan fingerprint density at radius 1 is 1.16 bits per heavy atom. The molecule has 3 aromatic heterocycles. The van der Waals surface area contributed by atoms with E-state index in [1.807, 2.05) is 0 Å². The van der Waals surface area contributed by atoms with Crippen molar-refractivity contribution in [1.29, 1.82) is 0 Å². The van der Waals surface area contributed by atoms with Crippen LogP contribution in [0.1, 0.15) is 17.1 Å². The minimum atomic E-state index is -4.53. The van der Waals surface area contributed by atoms with Gasteiger partial charge in [0.25, 0.3) is 0 Å². The van der Waals surface area contributed by atoms with E-state index < -0.39 is 12.0 Å². The molecule has 3 aromatic rings. The molecule has 0 spiro atoms. The molecule has 0 aliphatic carbocycles. The van der Waals surface area contributed by atoms with Crippen molar-refractivity contribution in [3.63, 3.8) is 0 Å². The number of nitrogens with one attached hydrogen (secondary N) is 1. The summed E-state index contributed by atoms with van der Waals surface area (Å²) in [6, 6.07) is 1.64. The number of imidazole rings is 1. The van der Waals surface area contributed by atoms with Crippen molar-refractivity contribution in [1.82, 2.24) is 19.5 Å². The van der Waals surface area contributed by atoms with E-state index in [2.05, 4.69) is 32.1 Å². The van der Waals surface area contributed by atoms with Gasteiger partial charge in [0.15, 0.2) is 0 Å². The van der Waals surface area contributed by atoms with Crippen LogP contribution in [-0.4, -0.2) is 26.6 Å². The van der Waals surface area contributed by atoms with Gasteiger partial charge in [-0.15, -0.1) is 0 Å². The van der Waals surface area contributed by atoms with E-state index in [-0.39, 0.29) is 5.69 Å². The third-order valence-electron chi connectivity index (χ3n) is 3.49. The molecular weight excluding hydrogens is 333 g/mol. The summed E-state index contributed by atoms with van der Waals surface area (Å²) in [6.07, 6.45) is -0.216. The third kappa shape index (κ3) is 3.19. The van der Waals surface area contributed by atoms with Crippen LogP contribution in [0.15, 0.2) is 24.7 Å². The first-order chi connectivity index (χ1) is 11.8.